The number of hydrogen-bond donors (Lipinski definition) is 11. The monoisotopic (exact) mass is 1380 g/mol. The Kier molecular flexibility index (Phi) is 18.8. The first-order valence-corrected chi connectivity index (χ1v) is 33.7. The van der Waals surface area contributed by atoms with Gasteiger partial charge in [-0.05, 0) is 6.92 Å². The molecule has 0 aromatic carbocycles. The molecular formula is C45H59N17O26P4. The molecule has 12 rings (SSSR count). The van der Waals surface area contributed by atoms with Crippen LogP contribution in [0.2, 0.25) is 0 Å². The highest BCUT2D eigenvalue weighted by molar-refractivity contribution is 7.48. The molecule has 47 heteroatoms. The normalized spacial score (nSPS) is 31.2. The van der Waals surface area contributed by atoms with Gasteiger partial charge in [0, 0.05) is 43.9 Å². The van der Waals surface area contributed by atoms with Gasteiger partial charge in [0.15, 0.2) is 40.7 Å². The molecule has 500 valence electrons. The van der Waals surface area contributed by atoms with Crippen LogP contribution >= 0.6 is 31.3 Å². The number of aromatic amines is 1. The number of phosphoric acid groups is 4. The number of rotatable bonds is 25. The van der Waals surface area contributed by atoms with E-state index < -0.39 is 168 Å². The van der Waals surface area contributed by atoms with E-state index in [1.54, 1.807) is 0 Å². The lowest BCUT2D eigenvalue weighted by molar-refractivity contribution is -0.107. The van der Waals surface area contributed by atoms with Gasteiger partial charge in [0.1, 0.15) is 115 Å². The quantitative estimate of drug-likeness (QED) is 0.0297. The van der Waals surface area contributed by atoms with Crippen LogP contribution in [0.3, 0.4) is 0 Å². The number of phosphoric ester groups is 4. The van der Waals surface area contributed by atoms with Crippen molar-refractivity contribution in [3.8, 4) is 0 Å². The number of nitrogens with two attached hydrogens (primary N) is 3. The van der Waals surface area contributed by atoms with Crippen molar-refractivity contribution < 1.29 is 113 Å². The number of nitrogens with zero attached hydrogens (tertiary/aromatic N) is 13. The number of aromatic nitrogens is 14. The van der Waals surface area contributed by atoms with E-state index in [1.807, 2.05) is 0 Å². The van der Waals surface area contributed by atoms with Crippen molar-refractivity contribution in [1.82, 2.24) is 68.1 Å². The lowest BCUT2D eigenvalue weighted by Gasteiger charge is -2.25. The van der Waals surface area contributed by atoms with Crippen LogP contribution in [0.4, 0.5) is 17.5 Å². The topological polar surface area (TPSA) is 594 Å². The number of aliphatic hydroxyl groups is 3. The SMILES string of the molecule is Cc1cn([C@H]2CC(O)[C@@H](COP(=O)(O)OC3C[C@H](n4cnc5c(N)ncnc54)O[C@@H]3COP(=O)(O)OC3C[C@H](n4cnc5c(N)ncnc54)O[C@@H]3COP(=O)(O)OC3C[C@H](n4cnc5c(N)ncnc54)O[C@@H]3COP(=O)(O)OC3C[C@H](O)O[C@@H]3CO)O2)c(=O)[nH]c1=O. The second-order valence-corrected chi connectivity index (χ2v) is 27.1. The third-order valence-corrected chi connectivity index (χ3v) is 19.4. The minimum Gasteiger partial charge on any atom is -0.394 e. The van der Waals surface area contributed by atoms with Gasteiger partial charge in [0.25, 0.3) is 5.56 Å². The van der Waals surface area contributed by atoms with Crippen LogP contribution in [-0.2, 0) is 78.1 Å². The van der Waals surface area contributed by atoms with E-state index in [0.717, 1.165) is 23.5 Å². The molecule has 9 unspecified atom stereocenters. The lowest BCUT2D eigenvalue weighted by atomic mass is 10.2. The standard InChI is InChI=1S/C45H59N17O26P4/c1-19-7-59(45(67)58-44(19)66)30-2-20(64)26(80-30)9-76-89(68,69)85-21-3-31(60-16-55-35-38(46)49-13-52-41(35)60)81-27(21)10-77-90(70,71)86-22-4-32(61-17-56-36-39(47)50-14-53-42(36)61)82-28(22)11-78-91(72,73)87-23-5-33(62-18-57-37-40(48)51-15-54-43(37)62)83-29(23)12-79-92(74,75)88-24-6-34(65)84-25(24)8-63/h7,13-18,20-34,63-65H,2-6,8-12H2,1H3,(H,68,69)(H,70,71)(H,72,73)(H,74,75)(H2,46,49,52)(H2,47,50,53)(H2,48,51,54)(H,58,66,67)/t20?,21?,22?,23?,24?,25-,26-,27-,28-,29-,30-,31-,32-,33-,34-/m1/s1. The predicted octanol–water partition coefficient (Wildman–Crippen LogP) is -1.27. The van der Waals surface area contributed by atoms with Gasteiger partial charge in [-0.3, -0.25) is 64.2 Å². The second-order valence-electron chi connectivity index (χ2n) is 21.4. The Morgan fingerprint density at radius 3 is 1.23 bits per heavy atom. The number of nitrogen functional groups attached to an aromatic ring is 3. The van der Waals surface area contributed by atoms with Crippen molar-refractivity contribution in [1.29, 1.82) is 0 Å². The largest absolute Gasteiger partial charge is 0.472 e. The van der Waals surface area contributed by atoms with E-state index in [0.29, 0.717) is 0 Å². The predicted molar refractivity (Wildman–Crippen MR) is 301 cm³/mol. The molecule has 7 aromatic rings. The average molecular weight is 1380 g/mol. The summed E-state index contributed by atoms with van der Waals surface area (Å²) < 4.78 is 134. The fourth-order valence-corrected chi connectivity index (χ4v) is 14.8. The molecule has 19 atom stereocenters. The van der Waals surface area contributed by atoms with Gasteiger partial charge < -0.3 is 75.8 Å². The Hall–Kier alpha value is -6.15. The Morgan fingerprint density at radius 2 is 0.848 bits per heavy atom. The molecule has 0 saturated carbocycles. The van der Waals surface area contributed by atoms with Crippen molar-refractivity contribution >= 4 is 82.2 Å². The minimum absolute atomic E-state index is 0.00272. The molecule has 92 heavy (non-hydrogen) atoms. The summed E-state index contributed by atoms with van der Waals surface area (Å²) in [6.07, 6.45) is -13.4. The number of hydrogen-bond acceptors (Lipinski definition) is 34. The molecule has 14 N–H and O–H groups in total. The van der Waals surface area contributed by atoms with Gasteiger partial charge in [-0.25, -0.2) is 67.9 Å². The zero-order valence-corrected chi connectivity index (χ0v) is 51.1. The van der Waals surface area contributed by atoms with E-state index in [-0.39, 0.29) is 88.6 Å². The summed E-state index contributed by atoms with van der Waals surface area (Å²) >= 11 is 0. The maximum atomic E-state index is 14.2. The summed E-state index contributed by atoms with van der Waals surface area (Å²) in [5.74, 6) is -0.0202. The second kappa shape index (κ2) is 26.2. The van der Waals surface area contributed by atoms with E-state index in [4.69, 9.17) is 77.1 Å². The van der Waals surface area contributed by atoms with Crippen molar-refractivity contribution in [3.05, 3.63) is 70.6 Å². The summed E-state index contributed by atoms with van der Waals surface area (Å²) in [6, 6.07) is 0. The van der Waals surface area contributed by atoms with Crippen LogP contribution in [-0.4, -0.2) is 203 Å². The van der Waals surface area contributed by atoms with Crippen LogP contribution in [0.1, 0.15) is 62.6 Å². The smallest absolute Gasteiger partial charge is 0.394 e. The molecule has 5 aliphatic rings. The first kappa shape index (κ1) is 65.9. The van der Waals surface area contributed by atoms with Crippen LogP contribution in [0.5, 0.6) is 0 Å². The zero-order chi connectivity index (χ0) is 65.2. The van der Waals surface area contributed by atoms with Gasteiger partial charge >= 0.3 is 37.0 Å². The summed E-state index contributed by atoms with van der Waals surface area (Å²) in [5, 5.41) is 30.4. The average Bonchev–Trinajstić information content (AvgIpc) is 1.66. The molecule has 0 bridgehead atoms. The van der Waals surface area contributed by atoms with E-state index in [2.05, 4.69) is 49.8 Å². The van der Waals surface area contributed by atoms with Gasteiger partial charge in [-0.15, -0.1) is 0 Å². The van der Waals surface area contributed by atoms with Crippen molar-refractivity contribution in [2.75, 3.05) is 50.2 Å². The molecule has 0 spiro atoms. The molecule has 5 saturated heterocycles. The number of H-pyrrole nitrogens is 1. The van der Waals surface area contributed by atoms with E-state index in [1.165, 1.54) is 45.8 Å². The number of anilines is 3. The molecule has 12 heterocycles. The van der Waals surface area contributed by atoms with Crippen LogP contribution in [0, 0.1) is 6.92 Å². The summed E-state index contributed by atoms with van der Waals surface area (Å²) in [7, 11) is -21.1. The minimum atomic E-state index is -5.41. The van der Waals surface area contributed by atoms with Gasteiger partial charge in [-0.2, -0.15) is 0 Å². The van der Waals surface area contributed by atoms with Gasteiger partial charge in [0.2, 0.25) is 0 Å². The Bertz CT molecular complexity index is 4180. The Balaban J connectivity index is 0.748. The fraction of sp³-hybridized carbons (Fsp3) is 0.578. The first-order valence-electron chi connectivity index (χ1n) is 27.7. The van der Waals surface area contributed by atoms with Crippen molar-refractivity contribution in [2.24, 2.45) is 0 Å². The highest BCUT2D eigenvalue weighted by Crippen LogP contribution is 2.55. The summed E-state index contributed by atoms with van der Waals surface area (Å²) in [6.45, 7) is -2.74. The summed E-state index contributed by atoms with van der Waals surface area (Å²) in [5.41, 5.74) is 17.7. The van der Waals surface area contributed by atoms with Crippen LogP contribution < -0.4 is 28.5 Å². The van der Waals surface area contributed by atoms with Gasteiger partial charge in [0.05, 0.1) is 58.1 Å². The highest BCUT2D eigenvalue weighted by atomic mass is 31.2. The van der Waals surface area contributed by atoms with Crippen molar-refractivity contribution in [2.45, 2.75) is 131 Å². The van der Waals surface area contributed by atoms with Crippen LogP contribution in [0.25, 0.3) is 33.5 Å². The summed E-state index contributed by atoms with van der Waals surface area (Å²) in [4.78, 5) is 109. The Labute approximate surface area is 514 Å². The van der Waals surface area contributed by atoms with E-state index in [9.17, 15) is 62.7 Å². The number of nitrogens with one attached hydrogen (secondary N) is 1. The molecule has 0 aliphatic carbocycles. The third-order valence-electron chi connectivity index (χ3n) is 15.3. The number of aryl methyl sites for hydroxylation is 1. The zero-order valence-electron chi connectivity index (χ0n) is 47.5. The molecule has 0 radical (unpaired) electrons. The maximum absolute atomic E-state index is 14.2. The molecule has 43 nitrogen and oxygen atoms in total. The number of ether oxygens (including phenoxy) is 5. The number of aliphatic hydroxyl groups excluding tert-OH is 3. The van der Waals surface area contributed by atoms with E-state index >= 15 is 0 Å². The van der Waals surface area contributed by atoms with Gasteiger partial charge in [-0.1, -0.05) is 0 Å². The molecule has 7 aromatic heterocycles. The highest BCUT2D eigenvalue weighted by Gasteiger charge is 2.50. The number of fused-ring (bicyclic) bond motifs is 3. The molecule has 5 fully saturated rings. The molecule has 0 amide bonds. The van der Waals surface area contributed by atoms with Crippen molar-refractivity contribution in [3.63, 3.8) is 0 Å². The van der Waals surface area contributed by atoms with Crippen LogP contribution in [0.15, 0.2) is 53.7 Å². The molecular weight excluding hydrogens is 1320 g/mol. The molecule has 5 aliphatic heterocycles. The maximum Gasteiger partial charge on any atom is 0.472 e. The fourth-order valence-electron chi connectivity index (χ4n) is 10.9. The lowest BCUT2D eigenvalue weighted by Crippen LogP contribution is -2.33. The Morgan fingerprint density at radius 1 is 0.500 bits per heavy atom. The third kappa shape index (κ3) is 14.3. The first-order chi connectivity index (χ1) is 43.7. The number of imidazole rings is 3.